The third-order valence-electron chi connectivity index (χ3n) is 2.58. The molecule has 1 aromatic rings. The van der Waals surface area contributed by atoms with Crippen molar-refractivity contribution in [3.63, 3.8) is 0 Å². The molecule has 1 atom stereocenters. The monoisotopic (exact) mass is 252 g/mol. The summed E-state index contributed by atoms with van der Waals surface area (Å²) in [5, 5.41) is 3.09. The molecular weight excluding hydrogens is 228 g/mol. The number of likely N-dealkylation sites (N-methyl/N-ethyl adjacent to an activating group) is 1. The predicted molar refractivity (Wildman–Crippen MR) is 74.2 cm³/mol. The number of rotatable bonds is 7. The minimum Gasteiger partial charge on any atom is -0.473 e. The molecule has 0 spiro atoms. The Morgan fingerprint density at radius 1 is 1.39 bits per heavy atom. The Labute approximate surface area is 110 Å². The maximum atomic E-state index is 5.92. The molecule has 5 heteroatoms. The van der Waals surface area contributed by atoms with Crippen molar-refractivity contribution in [2.45, 2.75) is 32.8 Å². The van der Waals surface area contributed by atoms with Gasteiger partial charge in [-0.25, -0.2) is 9.97 Å². The minimum atomic E-state index is 0.107. The number of anilines is 1. The van der Waals surface area contributed by atoms with Crippen molar-refractivity contribution in [2.75, 3.05) is 33.0 Å². The van der Waals surface area contributed by atoms with E-state index in [1.165, 1.54) is 0 Å². The third kappa shape index (κ3) is 4.14. The van der Waals surface area contributed by atoms with Gasteiger partial charge in [0.15, 0.2) is 0 Å². The molecule has 1 N–H and O–H groups in total. The van der Waals surface area contributed by atoms with Crippen LogP contribution in [0.3, 0.4) is 0 Å². The highest BCUT2D eigenvalue weighted by Gasteiger charge is 2.14. The van der Waals surface area contributed by atoms with Crippen LogP contribution in [0.15, 0.2) is 6.33 Å². The van der Waals surface area contributed by atoms with E-state index in [2.05, 4.69) is 34.0 Å². The highest BCUT2D eigenvalue weighted by atomic mass is 16.5. The van der Waals surface area contributed by atoms with Gasteiger partial charge in [-0.1, -0.05) is 13.3 Å². The molecular formula is C13H24N4O. The number of nitrogens with zero attached hydrogens (tertiary/aromatic N) is 3. The lowest BCUT2D eigenvalue weighted by atomic mass is 10.1. The van der Waals surface area contributed by atoms with Gasteiger partial charge in [0, 0.05) is 13.6 Å². The van der Waals surface area contributed by atoms with Crippen LogP contribution in [-0.2, 0) is 6.42 Å². The molecule has 0 amide bonds. The van der Waals surface area contributed by atoms with E-state index in [1.54, 1.807) is 6.33 Å². The van der Waals surface area contributed by atoms with Crippen LogP contribution in [0.2, 0.25) is 0 Å². The fourth-order valence-electron chi connectivity index (χ4n) is 1.93. The first-order valence-corrected chi connectivity index (χ1v) is 6.41. The molecule has 0 fully saturated rings. The van der Waals surface area contributed by atoms with E-state index < -0.39 is 0 Å². The highest BCUT2D eigenvalue weighted by molar-refractivity contribution is 5.48. The van der Waals surface area contributed by atoms with Crippen LogP contribution in [0.4, 0.5) is 5.82 Å². The topological polar surface area (TPSA) is 50.3 Å². The SMILES string of the molecule is CCCc1c(NC)ncnc1OC(C)CN(C)C. The fourth-order valence-corrected chi connectivity index (χ4v) is 1.93. The third-order valence-corrected chi connectivity index (χ3v) is 2.58. The molecule has 5 nitrogen and oxygen atoms in total. The van der Waals surface area contributed by atoms with Crippen molar-refractivity contribution in [1.82, 2.24) is 14.9 Å². The molecule has 0 radical (unpaired) electrons. The zero-order chi connectivity index (χ0) is 13.5. The quantitative estimate of drug-likeness (QED) is 0.802. The van der Waals surface area contributed by atoms with Crippen LogP contribution in [-0.4, -0.2) is 48.7 Å². The molecule has 18 heavy (non-hydrogen) atoms. The van der Waals surface area contributed by atoms with Crippen LogP contribution in [0.25, 0.3) is 0 Å². The molecule has 0 saturated heterocycles. The van der Waals surface area contributed by atoms with Crippen molar-refractivity contribution < 1.29 is 4.74 Å². The van der Waals surface area contributed by atoms with Crippen molar-refractivity contribution in [3.05, 3.63) is 11.9 Å². The summed E-state index contributed by atoms with van der Waals surface area (Å²) in [7, 11) is 5.94. The van der Waals surface area contributed by atoms with Crippen molar-refractivity contribution >= 4 is 5.82 Å². The number of hydrogen-bond acceptors (Lipinski definition) is 5. The number of aromatic nitrogens is 2. The average molecular weight is 252 g/mol. The summed E-state index contributed by atoms with van der Waals surface area (Å²) < 4.78 is 5.92. The van der Waals surface area contributed by atoms with Gasteiger partial charge in [0.2, 0.25) is 5.88 Å². The first-order valence-electron chi connectivity index (χ1n) is 6.41. The Hall–Kier alpha value is -1.36. The number of ether oxygens (including phenoxy) is 1. The van der Waals surface area contributed by atoms with Gasteiger partial charge < -0.3 is 15.0 Å². The summed E-state index contributed by atoms with van der Waals surface area (Å²) in [6, 6.07) is 0. The second kappa shape index (κ2) is 7.16. The van der Waals surface area contributed by atoms with E-state index in [0.717, 1.165) is 30.8 Å². The highest BCUT2D eigenvalue weighted by Crippen LogP contribution is 2.24. The fraction of sp³-hybridized carbons (Fsp3) is 0.692. The number of nitrogens with one attached hydrogen (secondary N) is 1. The molecule has 0 aliphatic carbocycles. The molecule has 0 saturated carbocycles. The Balaban J connectivity index is 2.86. The van der Waals surface area contributed by atoms with Gasteiger partial charge in [0.25, 0.3) is 0 Å². The Morgan fingerprint density at radius 2 is 2.11 bits per heavy atom. The largest absolute Gasteiger partial charge is 0.473 e. The maximum absolute atomic E-state index is 5.92. The first kappa shape index (κ1) is 14.7. The van der Waals surface area contributed by atoms with Crippen LogP contribution in [0.5, 0.6) is 5.88 Å². The zero-order valence-corrected chi connectivity index (χ0v) is 12.0. The van der Waals surface area contributed by atoms with E-state index >= 15 is 0 Å². The standard InChI is InChI=1S/C13H24N4O/c1-6-7-11-12(14-3)15-9-16-13(11)18-10(2)8-17(4)5/h9-10H,6-8H2,1-5H3,(H,14,15,16). The molecule has 0 aliphatic rings. The van der Waals surface area contributed by atoms with Gasteiger partial charge in [-0.05, 0) is 27.4 Å². The summed E-state index contributed by atoms with van der Waals surface area (Å²) in [6.45, 7) is 5.06. The van der Waals surface area contributed by atoms with Crippen LogP contribution in [0, 0.1) is 0 Å². The van der Waals surface area contributed by atoms with Crippen molar-refractivity contribution in [3.8, 4) is 5.88 Å². The summed E-state index contributed by atoms with van der Waals surface area (Å²) in [5.41, 5.74) is 1.06. The lowest BCUT2D eigenvalue weighted by Gasteiger charge is -2.20. The Kier molecular flexibility index (Phi) is 5.85. The maximum Gasteiger partial charge on any atom is 0.222 e. The molecule has 1 aromatic heterocycles. The first-order chi connectivity index (χ1) is 8.58. The molecule has 0 aliphatic heterocycles. The molecule has 1 heterocycles. The van der Waals surface area contributed by atoms with E-state index in [0.29, 0.717) is 5.88 Å². The summed E-state index contributed by atoms with van der Waals surface area (Å²) in [5.74, 6) is 1.56. The Morgan fingerprint density at radius 3 is 2.67 bits per heavy atom. The van der Waals surface area contributed by atoms with Gasteiger partial charge in [-0.2, -0.15) is 0 Å². The van der Waals surface area contributed by atoms with Gasteiger partial charge in [-0.3, -0.25) is 0 Å². The normalized spacial score (nSPS) is 12.6. The second-order valence-corrected chi connectivity index (χ2v) is 4.70. The minimum absolute atomic E-state index is 0.107. The predicted octanol–water partition coefficient (Wildman–Crippen LogP) is 1.80. The molecule has 102 valence electrons. The lowest BCUT2D eigenvalue weighted by Crippen LogP contribution is -2.28. The van der Waals surface area contributed by atoms with Crippen LogP contribution >= 0.6 is 0 Å². The van der Waals surface area contributed by atoms with E-state index in [9.17, 15) is 0 Å². The lowest BCUT2D eigenvalue weighted by molar-refractivity contribution is 0.168. The van der Waals surface area contributed by atoms with Gasteiger partial charge in [0.1, 0.15) is 18.2 Å². The average Bonchev–Trinajstić information content (AvgIpc) is 2.30. The van der Waals surface area contributed by atoms with E-state index in [-0.39, 0.29) is 6.10 Å². The van der Waals surface area contributed by atoms with Gasteiger partial charge in [0.05, 0.1) is 5.56 Å². The second-order valence-electron chi connectivity index (χ2n) is 4.70. The zero-order valence-electron chi connectivity index (χ0n) is 12.0. The Bertz CT molecular complexity index is 368. The summed E-state index contributed by atoms with van der Waals surface area (Å²) in [4.78, 5) is 10.6. The van der Waals surface area contributed by atoms with Gasteiger partial charge in [-0.15, -0.1) is 0 Å². The molecule has 0 bridgehead atoms. The van der Waals surface area contributed by atoms with Crippen LogP contribution < -0.4 is 10.1 Å². The number of hydrogen-bond donors (Lipinski definition) is 1. The molecule has 0 aromatic carbocycles. The molecule has 1 rings (SSSR count). The van der Waals surface area contributed by atoms with Crippen molar-refractivity contribution in [1.29, 1.82) is 0 Å². The van der Waals surface area contributed by atoms with Crippen LogP contribution in [0.1, 0.15) is 25.8 Å². The smallest absolute Gasteiger partial charge is 0.222 e. The molecule has 1 unspecified atom stereocenters. The van der Waals surface area contributed by atoms with Crippen molar-refractivity contribution in [2.24, 2.45) is 0 Å². The summed E-state index contributed by atoms with van der Waals surface area (Å²) in [6.07, 6.45) is 3.61. The summed E-state index contributed by atoms with van der Waals surface area (Å²) >= 11 is 0. The van der Waals surface area contributed by atoms with E-state index in [1.807, 2.05) is 21.1 Å². The van der Waals surface area contributed by atoms with E-state index in [4.69, 9.17) is 4.74 Å². The van der Waals surface area contributed by atoms with Gasteiger partial charge >= 0.3 is 0 Å².